The van der Waals surface area contributed by atoms with Crippen LogP contribution >= 0.6 is 23.6 Å². The number of thiophene rings is 1. The van der Waals surface area contributed by atoms with Gasteiger partial charge in [0.1, 0.15) is 0 Å². The molecule has 0 bridgehead atoms. The van der Waals surface area contributed by atoms with Crippen LogP contribution in [0.1, 0.15) is 16.0 Å². The number of benzene rings is 1. The Morgan fingerprint density at radius 3 is 2.84 bits per heavy atom. The lowest BCUT2D eigenvalue weighted by Gasteiger charge is -2.12. The van der Waals surface area contributed by atoms with Gasteiger partial charge >= 0.3 is 0 Å². The van der Waals surface area contributed by atoms with Crippen molar-refractivity contribution in [3.63, 3.8) is 0 Å². The molecule has 2 aromatic rings. The largest absolute Gasteiger partial charge is 0.362 e. The van der Waals surface area contributed by atoms with Crippen LogP contribution in [0.5, 0.6) is 0 Å². The van der Waals surface area contributed by atoms with Gasteiger partial charge in [-0.1, -0.05) is 18.2 Å². The fourth-order valence-corrected chi connectivity index (χ4v) is 2.71. The van der Waals surface area contributed by atoms with E-state index in [1.54, 1.807) is 11.3 Å². The summed E-state index contributed by atoms with van der Waals surface area (Å²) in [6.07, 6.45) is 1.01. The molecule has 0 aliphatic carbocycles. The third-order valence-electron chi connectivity index (χ3n) is 2.88. The van der Waals surface area contributed by atoms with Gasteiger partial charge in [-0.2, -0.15) is 0 Å². The van der Waals surface area contributed by atoms with Crippen LogP contribution < -0.4 is 10.6 Å². The maximum absolute atomic E-state index is 5.31. The normalized spacial score (nSPS) is 10.2. The molecule has 0 aliphatic rings. The van der Waals surface area contributed by atoms with Crippen molar-refractivity contribution < 1.29 is 0 Å². The highest BCUT2D eigenvalue weighted by molar-refractivity contribution is 7.80. The average Bonchev–Trinajstić information content (AvgIpc) is 2.87. The van der Waals surface area contributed by atoms with Gasteiger partial charge in [-0.15, -0.1) is 11.3 Å². The summed E-state index contributed by atoms with van der Waals surface area (Å²) >= 11 is 7.09. The van der Waals surface area contributed by atoms with Gasteiger partial charge in [-0.3, -0.25) is 0 Å². The molecule has 0 radical (unpaired) electrons. The van der Waals surface area contributed by atoms with Gasteiger partial charge < -0.3 is 10.6 Å². The van der Waals surface area contributed by atoms with Crippen molar-refractivity contribution >= 4 is 34.4 Å². The first-order valence-corrected chi connectivity index (χ1v) is 7.58. The Hall–Kier alpha value is -1.39. The van der Waals surface area contributed by atoms with E-state index in [2.05, 4.69) is 60.2 Å². The predicted molar refractivity (Wildman–Crippen MR) is 88.2 cm³/mol. The lowest BCUT2D eigenvalue weighted by molar-refractivity contribution is 0.885. The van der Waals surface area contributed by atoms with Gasteiger partial charge in [0.05, 0.1) is 0 Å². The molecule has 0 amide bonds. The molecule has 100 valence electrons. The van der Waals surface area contributed by atoms with E-state index in [0.29, 0.717) is 5.11 Å². The highest BCUT2D eigenvalue weighted by atomic mass is 32.1. The summed E-state index contributed by atoms with van der Waals surface area (Å²) in [7, 11) is 0. The number of rotatable bonds is 4. The summed E-state index contributed by atoms with van der Waals surface area (Å²) in [6.45, 7) is 5.02. The zero-order valence-corrected chi connectivity index (χ0v) is 12.8. The van der Waals surface area contributed by atoms with Crippen LogP contribution in [0, 0.1) is 13.8 Å². The van der Waals surface area contributed by atoms with Gasteiger partial charge in [-0.05, 0) is 61.1 Å². The second kappa shape index (κ2) is 6.68. The Labute approximate surface area is 123 Å². The minimum absolute atomic E-state index is 0.685. The van der Waals surface area contributed by atoms with Crippen LogP contribution in [-0.2, 0) is 6.42 Å². The SMILES string of the molecule is Cc1ccc(C)c(NC(=S)NCCc2cccs2)c1. The Morgan fingerprint density at radius 1 is 1.26 bits per heavy atom. The van der Waals surface area contributed by atoms with Crippen LogP contribution in [-0.4, -0.2) is 11.7 Å². The van der Waals surface area contributed by atoms with Crippen LogP contribution in [0.4, 0.5) is 5.69 Å². The van der Waals surface area contributed by atoms with Crippen molar-refractivity contribution in [2.45, 2.75) is 20.3 Å². The molecule has 1 heterocycles. The summed E-state index contributed by atoms with van der Waals surface area (Å²) < 4.78 is 0. The molecule has 1 aromatic carbocycles. The summed E-state index contributed by atoms with van der Waals surface area (Å²) in [5.41, 5.74) is 3.51. The van der Waals surface area contributed by atoms with Crippen molar-refractivity contribution in [1.29, 1.82) is 0 Å². The molecular formula is C15H18N2S2. The first-order chi connectivity index (χ1) is 9.15. The minimum atomic E-state index is 0.685. The molecule has 2 rings (SSSR count). The van der Waals surface area contributed by atoms with E-state index in [9.17, 15) is 0 Å². The van der Waals surface area contributed by atoms with Crippen molar-refractivity contribution in [3.8, 4) is 0 Å². The van der Waals surface area contributed by atoms with Crippen molar-refractivity contribution in [3.05, 3.63) is 51.7 Å². The monoisotopic (exact) mass is 290 g/mol. The van der Waals surface area contributed by atoms with Crippen molar-refractivity contribution in [1.82, 2.24) is 5.32 Å². The standard InChI is InChI=1S/C15H18N2S2/c1-11-5-6-12(2)14(10-11)17-15(18)16-8-7-13-4-3-9-19-13/h3-6,9-10H,7-8H2,1-2H3,(H2,16,17,18). The minimum Gasteiger partial charge on any atom is -0.362 e. The highest BCUT2D eigenvalue weighted by Crippen LogP contribution is 2.16. The molecule has 0 spiro atoms. The second-order valence-electron chi connectivity index (χ2n) is 4.53. The summed E-state index contributed by atoms with van der Waals surface area (Å²) in [5, 5.41) is 9.28. The molecular weight excluding hydrogens is 272 g/mol. The fraction of sp³-hybridized carbons (Fsp3) is 0.267. The summed E-state index contributed by atoms with van der Waals surface area (Å²) in [6, 6.07) is 10.5. The maximum atomic E-state index is 5.31. The molecule has 0 atom stereocenters. The maximum Gasteiger partial charge on any atom is 0.170 e. The Kier molecular flexibility index (Phi) is 4.93. The number of anilines is 1. The number of thiocarbonyl (C=S) groups is 1. The van der Waals surface area contributed by atoms with E-state index in [0.717, 1.165) is 18.7 Å². The average molecular weight is 290 g/mol. The van der Waals surface area contributed by atoms with Crippen LogP contribution in [0.15, 0.2) is 35.7 Å². The Morgan fingerprint density at radius 2 is 2.11 bits per heavy atom. The Bertz CT molecular complexity index is 547. The van der Waals surface area contributed by atoms with Gasteiger partial charge in [-0.25, -0.2) is 0 Å². The topological polar surface area (TPSA) is 24.1 Å². The highest BCUT2D eigenvalue weighted by Gasteiger charge is 2.01. The first-order valence-electron chi connectivity index (χ1n) is 6.29. The van der Waals surface area contributed by atoms with E-state index in [1.165, 1.54) is 16.0 Å². The van der Waals surface area contributed by atoms with Crippen molar-refractivity contribution in [2.75, 3.05) is 11.9 Å². The van der Waals surface area contributed by atoms with E-state index in [4.69, 9.17) is 12.2 Å². The molecule has 0 unspecified atom stereocenters. The molecule has 1 aromatic heterocycles. The zero-order valence-electron chi connectivity index (χ0n) is 11.2. The zero-order chi connectivity index (χ0) is 13.7. The molecule has 19 heavy (non-hydrogen) atoms. The quantitative estimate of drug-likeness (QED) is 0.835. The van der Waals surface area contributed by atoms with E-state index >= 15 is 0 Å². The lowest BCUT2D eigenvalue weighted by atomic mass is 10.1. The van der Waals surface area contributed by atoms with E-state index < -0.39 is 0 Å². The van der Waals surface area contributed by atoms with Gasteiger partial charge in [0.15, 0.2) is 5.11 Å². The molecule has 0 saturated heterocycles. The van der Waals surface area contributed by atoms with Crippen LogP contribution in [0.25, 0.3) is 0 Å². The molecule has 2 nitrogen and oxygen atoms in total. The van der Waals surface area contributed by atoms with Crippen LogP contribution in [0.2, 0.25) is 0 Å². The lowest BCUT2D eigenvalue weighted by Crippen LogP contribution is -2.30. The fourth-order valence-electron chi connectivity index (χ4n) is 1.79. The van der Waals surface area contributed by atoms with Crippen LogP contribution in [0.3, 0.4) is 0 Å². The number of nitrogens with one attached hydrogen (secondary N) is 2. The van der Waals surface area contributed by atoms with E-state index in [1.807, 2.05) is 0 Å². The number of hydrogen-bond donors (Lipinski definition) is 2. The summed E-state index contributed by atoms with van der Waals surface area (Å²) in [4.78, 5) is 1.38. The molecule has 4 heteroatoms. The number of aryl methyl sites for hydroxylation is 2. The third kappa shape index (κ3) is 4.33. The molecule has 2 N–H and O–H groups in total. The summed E-state index contributed by atoms with van der Waals surface area (Å²) in [5.74, 6) is 0. The van der Waals surface area contributed by atoms with Gasteiger partial charge in [0.2, 0.25) is 0 Å². The molecule has 0 fully saturated rings. The van der Waals surface area contributed by atoms with Crippen molar-refractivity contribution in [2.24, 2.45) is 0 Å². The molecule has 0 saturated carbocycles. The van der Waals surface area contributed by atoms with Gasteiger partial charge in [0.25, 0.3) is 0 Å². The van der Waals surface area contributed by atoms with Gasteiger partial charge in [0, 0.05) is 17.1 Å². The predicted octanol–water partition coefficient (Wildman–Crippen LogP) is 3.89. The smallest absolute Gasteiger partial charge is 0.170 e. The Balaban J connectivity index is 1.82. The third-order valence-corrected chi connectivity index (χ3v) is 4.06. The second-order valence-corrected chi connectivity index (χ2v) is 5.97. The number of hydrogen-bond acceptors (Lipinski definition) is 2. The van der Waals surface area contributed by atoms with E-state index in [-0.39, 0.29) is 0 Å². The first kappa shape index (κ1) is 14.0. The molecule has 0 aliphatic heterocycles.